The molecule has 1 aromatic carbocycles. The average molecular weight is 334 g/mol. The van der Waals surface area contributed by atoms with Gasteiger partial charge in [0, 0.05) is 23.4 Å². The zero-order valence-electron chi connectivity index (χ0n) is 11.3. The summed E-state index contributed by atoms with van der Waals surface area (Å²) in [6.45, 7) is 0. The van der Waals surface area contributed by atoms with E-state index in [1.165, 1.54) is 12.5 Å². The maximum Gasteiger partial charge on any atom is 0.315 e. The third kappa shape index (κ3) is 2.79. The van der Waals surface area contributed by atoms with Crippen LogP contribution in [0.3, 0.4) is 0 Å². The summed E-state index contributed by atoms with van der Waals surface area (Å²) in [5, 5.41) is 30.3. The maximum absolute atomic E-state index is 10.9. The van der Waals surface area contributed by atoms with Gasteiger partial charge in [-0.2, -0.15) is 0 Å². The summed E-state index contributed by atoms with van der Waals surface area (Å²) in [6.07, 6.45) is 2.76. The van der Waals surface area contributed by atoms with Crippen molar-refractivity contribution in [3.63, 3.8) is 0 Å². The zero-order valence-corrected chi connectivity index (χ0v) is 12.1. The molecule has 2 heterocycles. The number of pyridine rings is 1. The van der Waals surface area contributed by atoms with Crippen LogP contribution in [0.15, 0.2) is 41.1 Å². The summed E-state index contributed by atoms with van der Waals surface area (Å²) in [6, 6.07) is 5.44. The van der Waals surface area contributed by atoms with Gasteiger partial charge in [0.1, 0.15) is 17.1 Å². The Morgan fingerprint density at radius 2 is 2.00 bits per heavy atom. The average Bonchev–Trinajstić information content (AvgIpc) is 2.99. The molecule has 2 aromatic heterocycles. The second-order valence-electron chi connectivity index (χ2n) is 4.53. The number of rotatable bonds is 3. The van der Waals surface area contributed by atoms with Gasteiger partial charge in [0.05, 0.1) is 4.92 Å². The Bertz CT molecular complexity index is 909. The van der Waals surface area contributed by atoms with Crippen molar-refractivity contribution in [2.24, 2.45) is 0 Å². The number of nitro benzene ring substituents is 1. The van der Waals surface area contributed by atoms with Crippen LogP contribution in [-0.2, 0) is 0 Å². The van der Waals surface area contributed by atoms with Gasteiger partial charge in [0.2, 0.25) is 11.6 Å². The first-order valence-electron chi connectivity index (χ1n) is 6.24. The molecule has 0 saturated carbocycles. The summed E-state index contributed by atoms with van der Waals surface area (Å²) in [7, 11) is 0. The van der Waals surface area contributed by atoms with Crippen molar-refractivity contribution < 1.29 is 19.6 Å². The molecular weight excluding hydrogens is 326 g/mol. The van der Waals surface area contributed by atoms with E-state index in [1.54, 1.807) is 12.1 Å². The minimum Gasteiger partial charge on any atom is -0.504 e. The van der Waals surface area contributed by atoms with E-state index in [0.717, 1.165) is 12.1 Å². The number of hydrogen-bond acceptors (Lipinski definition) is 7. The van der Waals surface area contributed by atoms with Crippen molar-refractivity contribution in [3.8, 4) is 34.2 Å². The Labute approximate surface area is 133 Å². The van der Waals surface area contributed by atoms with Gasteiger partial charge in [-0.15, -0.1) is 0 Å². The predicted octanol–water partition coefficient (Wildman–Crippen LogP) is 3.38. The fraction of sp³-hybridized carbons (Fsp3) is 0. The molecular formula is C14H8ClN3O5. The molecule has 0 unspecified atom stereocenters. The first-order valence-corrected chi connectivity index (χ1v) is 6.61. The molecule has 3 aromatic rings. The highest BCUT2D eigenvalue weighted by Crippen LogP contribution is 2.39. The molecule has 0 bridgehead atoms. The maximum atomic E-state index is 10.9. The normalized spacial score (nSPS) is 10.7. The fourth-order valence-electron chi connectivity index (χ4n) is 1.97. The molecule has 8 nitrogen and oxygen atoms in total. The van der Waals surface area contributed by atoms with Crippen LogP contribution in [-0.4, -0.2) is 25.1 Å². The van der Waals surface area contributed by atoms with Crippen molar-refractivity contribution in [2.75, 3.05) is 0 Å². The Morgan fingerprint density at radius 3 is 2.70 bits per heavy atom. The molecule has 9 heteroatoms. The molecule has 0 aliphatic rings. The number of nitrogens with zero attached hydrogens (tertiary/aromatic N) is 3. The minimum atomic E-state index is -0.803. The van der Waals surface area contributed by atoms with Gasteiger partial charge in [-0.05, 0) is 18.2 Å². The summed E-state index contributed by atoms with van der Waals surface area (Å²) in [4.78, 5) is 18.1. The Balaban J connectivity index is 2.06. The number of phenols is 2. The largest absolute Gasteiger partial charge is 0.504 e. The first kappa shape index (κ1) is 14.8. The molecule has 0 saturated heterocycles. The number of nitro groups is 1. The number of halogens is 1. The molecule has 0 spiro atoms. The predicted molar refractivity (Wildman–Crippen MR) is 80.2 cm³/mol. The fourth-order valence-corrected chi connectivity index (χ4v) is 2.14. The molecule has 2 N–H and O–H groups in total. The van der Waals surface area contributed by atoms with Crippen LogP contribution in [0.1, 0.15) is 0 Å². The van der Waals surface area contributed by atoms with Gasteiger partial charge in [-0.25, -0.2) is 9.97 Å². The highest BCUT2D eigenvalue weighted by Gasteiger charge is 2.21. The zero-order chi connectivity index (χ0) is 16.6. The van der Waals surface area contributed by atoms with Crippen molar-refractivity contribution in [2.45, 2.75) is 0 Å². The molecule has 0 aliphatic heterocycles. The summed E-state index contributed by atoms with van der Waals surface area (Å²) in [5.74, 6) is -1.19. The first-order chi connectivity index (χ1) is 11.0. The quantitative estimate of drug-likeness (QED) is 0.326. The van der Waals surface area contributed by atoms with Crippen molar-refractivity contribution in [3.05, 3.63) is 52.0 Å². The number of phenolic OH excluding ortho intramolecular Hbond substituents is 2. The minimum absolute atomic E-state index is 0.224. The standard InChI is InChI=1S/C14H8ClN3O5/c15-12-5-7(1-2-16-12)14-17-9(6-23-14)8-3-10(18(21)22)13(20)11(19)4-8/h1-6,19-20H. The monoisotopic (exact) mass is 333 g/mol. The van der Waals surface area contributed by atoms with Crippen LogP contribution in [0.2, 0.25) is 5.15 Å². The van der Waals surface area contributed by atoms with Crippen LogP contribution in [0.25, 0.3) is 22.7 Å². The van der Waals surface area contributed by atoms with Gasteiger partial charge >= 0.3 is 5.69 Å². The van der Waals surface area contributed by atoms with Crippen LogP contribution >= 0.6 is 11.6 Å². The molecule has 0 fully saturated rings. The number of oxazole rings is 1. The number of benzene rings is 1. The molecule has 0 amide bonds. The van der Waals surface area contributed by atoms with Gasteiger partial charge in [0.15, 0.2) is 5.75 Å². The van der Waals surface area contributed by atoms with Crippen molar-refractivity contribution in [1.29, 1.82) is 0 Å². The lowest BCUT2D eigenvalue weighted by Gasteiger charge is -2.02. The smallest absolute Gasteiger partial charge is 0.315 e. The second kappa shape index (κ2) is 5.58. The van der Waals surface area contributed by atoms with E-state index in [4.69, 9.17) is 16.0 Å². The number of aromatic nitrogens is 2. The van der Waals surface area contributed by atoms with Gasteiger partial charge in [-0.1, -0.05) is 11.6 Å². The van der Waals surface area contributed by atoms with E-state index in [1.807, 2.05) is 0 Å². The van der Waals surface area contributed by atoms with E-state index >= 15 is 0 Å². The molecule has 0 aliphatic carbocycles. The van der Waals surface area contributed by atoms with E-state index < -0.39 is 22.1 Å². The lowest BCUT2D eigenvalue weighted by molar-refractivity contribution is -0.385. The topological polar surface area (TPSA) is 123 Å². The van der Waals surface area contributed by atoms with Crippen LogP contribution in [0, 0.1) is 10.1 Å². The number of aromatic hydroxyl groups is 2. The third-order valence-electron chi connectivity index (χ3n) is 3.04. The lowest BCUT2D eigenvalue weighted by Crippen LogP contribution is -1.90. The summed E-state index contributed by atoms with van der Waals surface area (Å²) < 4.78 is 5.32. The second-order valence-corrected chi connectivity index (χ2v) is 4.91. The third-order valence-corrected chi connectivity index (χ3v) is 3.25. The van der Waals surface area contributed by atoms with Crippen molar-refractivity contribution >= 4 is 17.3 Å². The molecule has 116 valence electrons. The van der Waals surface area contributed by atoms with Crippen LogP contribution in [0.5, 0.6) is 11.5 Å². The molecule has 0 atom stereocenters. The molecule has 3 rings (SSSR count). The highest BCUT2D eigenvalue weighted by molar-refractivity contribution is 6.29. The van der Waals surface area contributed by atoms with E-state index in [0.29, 0.717) is 5.56 Å². The summed E-state index contributed by atoms with van der Waals surface area (Å²) in [5.41, 5.74) is 0.429. The van der Waals surface area contributed by atoms with Gasteiger partial charge < -0.3 is 14.6 Å². The van der Waals surface area contributed by atoms with E-state index in [-0.39, 0.29) is 22.3 Å². The SMILES string of the molecule is O=[N+]([O-])c1cc(-c2coc(-c3ccnc(Cl)c3)n2)cc(O)c1O. The number of hydrogen-bond donors (Lipinski definition) is 2. The van der Waals surface area contributed by atoms with E-state index in [2.05, 4.69) is 9.97 Å². The Hall–Kier alpha value is -3.13. The van der Waals surface area contributed by atoms with Gasteiger partial charge in [-0.3, -0.25) is 10.1 Å². The Morgan fingerprint density at radius 1 is 1.22 bits per heavy atom. The van der Waals surface area contributed by atoms with Gasteiger partial charge in [0.25, 0.3) is 0 Å². The highest BCUT2D eigenvalue weighted by atomic mass is 35.5. The molecule has 23 heavy (non-hydrogen) atoms. The lowest BCUT2D eigenvalue weighted by atomic mass is 10.1. The molecule has 0 radical (unpaired) electrons. The van der Waals surface area contributed by atoms with Crippen molar-refractivity contribution in [1.82, 2.24) is 9.97 Å². The van der Waals surface area contributed by atoms with E-state index in [9.17, 15) is 20.3 Å². The summed E-state index contributed by atoms with van der Waals surface area (Å²) >= 11 is 5.80. The van der Waals surface area contributed by atoms with Crippen LogP contribution in [0.4, 0.5) is 5.69 Å². The Kier molecular flexibility index (Phi) is 3.59. The van der Waals surface area contributed by atoms with Crippen LogP contribution < -0.4 is 0 Å².